The summed E-state index contributed by atoms with van der Waals surface area (Å²) in [5, 5.41) is 112. The van der Waals surface area contributed by atoms with E-state index in [0.29, 0.717) is 0 Å². The maximum absolute atomic E-state index is 10.8. The first-order chi connectivity index (χ1) is 19.5. The predicted octanol–water partition coefficient (Wildman–Crippen LogP) is -5.78. The number of rotatable bonds is 9. The summed E-state index contributed by atoms with van der Waals surface area (Å²) in [6.07, 6.45) is -24.8. The molecule has 3 saturated heterocycles. The molecule has 41 heavy (non-hydrogen) atoms. The van der Waals surface area contributed by atoms with E-state index in [1.807, 2.05) is 0 Å². The van der Waals surface area contributed by atoms with Gasteiger partial charge in [0.25, 0.3) is 0 Å². The van der Waals surface area contributed by atoms with Gasteiger partial charge in [0, 0.05) is 0 Å². The molecule has 3 fully saturated rings. The Balaban J connectivity index is 1.43. The zero-order chi connectivity index (χ0) is 30.0. The molecule has 0 spiro atoms. The second kappa shape index (κ2) is 13.7. The third kappa shape index (κ3) is 6.74. The highest BCUT2D eigenvalue weighted by molar-refractivity contribution is 5.30. The van der Waals surface area contributed by atoms with Crippen molar-refractivity contribution < 1.29 is 84.6 Å². The maximum Gasteiger partial charge on any atom is 0.229 e. The molecule has 17 nitrogen and oxygen atoms in total. The van der Waals surface area contributed by atoms with Crippen LogP contribution in [0.1, 0.15) is 0 Å². The summed E-state index contributed by atoms with van der Waals surface area (Å²) in [6.45, 7) is -2.33. The fourth-order valence-corrected chi connectivity index (χ4v) is 4.80. The Hall–Kier alpha value is -1.78. The number of hydrogen-bond donors (Lipinski definition) is 11. The number of hydrogen-bond acceptors (Lipinski definition) is 17. The predicted molar refractivity (Wildman–Crippen MR) is 128 cm³/mol. The first-order valence-corrected chi connectivity index (χ1v) is 12.8. The molecule has 3 heterocycles. The normalized spacial score (nSPS) is 45.4. The lowest BCUT2D eigenvalue weighted by atomic mass is 9.96. The first kappa shape index (κ1) is 32.1. The highest BCUT2D eigenvalue weighted by atomic mass is 16.8. The molecule has 0 radical (unpaired) electrons. The number of phenolic OH excluding ortho intramolecular Hbond substituents is 1. The average Bonchev–Trinajstić information content (AvgIpc) is 2.97. The molecule has 3 aliphatic rings. The Bertz CT molecular complexity index is 947. The van der Waals surface area contributed by atoms with Crippen molar-refractivity contribution in [3.63, 3.8) is 0 Å². The van der Waals surface area contributed by atoms with Gasteiger partial charge in [-0.05, 0) is 24.3 Å². The topological polar surface area (TPSA) is 278 Å². The van der Waals surface area contributed by atoms with Crippen molar-refractivity contribution >= 4 is 0 Å². The van der Waals surface area contributed by atoms with Gasteiger partial charge >= 0.3 is 0 Å². The van der Waals surface area contributed by atoms with E-state index in [0.717, 1.165) is 0 Å². The van der Waals surface area contributed by atoms with E-state index in [1.165, 1.54) is 24.3 Å². The van der Waals surface area contributed by atoms with Gasteiger partial charge in [-0.2, -0.15) is 0 Å². The van der Waals surface area contributed by atoms with Crippen molar-refractivity contribution in [2.45, 2.75) is 92.1 Å². The third-order valence-electron chi connectivity index (χ3n) is 7.16. The Morgan fingerprint density at radius 2 is 0.927 bits per heavy atom. The maximum atomic E-state index is 10.8. The number of ether oxygens (including phenoxy) is 6. The number of aliphatic hydroxyl groups excluding tert-OH is 10. The minimum absolute atomic E-state index is 0.0422. The Morgan fingerprint density at radius 1 is 0.512 bits per heavy atom. The van der Waals surface area contributed by atoms with Crippen LogP contribution in [0.5, 0.6) is 11.5 Å². The molecular weight excluding hydrogens is 560 g/mol. The monoisotopic (exact) mass is 596 g/mol. The molecule has 0 aliphatic carbocycles. The third-order valence-corrected chi connectivity index (χ3v) is 7.16. The molecule has 0 saturated carbocycles. The molecule has 11 N–H and O–H groups in total. The van der Waals surface area contributed by atoms with Crippen molar-refractivity contribution in [2.75, 3.05) is 19.8 Å². The molecule has 4 rings (SSSR count). The van der Waals surface area contributed by atoms with Gasteiger partial charge in [-0.25, -0.2) is 0 Å². The lowest BCUT2D eigenvalue weighted by Crippen LogP contribution is -2.66. The Kier molecular flexibility index (Phi) is 10.7. The average molecular weight is 597 g/mol. The van der Waals surface area contributed by atoms with Crippen molar-refractivity contribution in [3.05, 3.63) is 24.3 Å². The van der Waals surface area contributed by atoms with Gasteiger partial charge in [0.1, 0.15) is 84.7 Å². The van der Waals surface area contributed by atoms with E-state index in [9.17, 15) is 56.2 Å². The van der Waals surface area contributed by atoms with Crippen LogP contribution in [0.4, 0.5) is 0 Å². The Morgan fingerprint density at radius 3 is 1.41 bits per heavy atom. The quantitative estimate of drug-likeness (QED) is 0.127. The van der Waals surface area contributed by atoms with Crippen LogP contribution in [-0.2, 0) is 23.7 Å². The van der Waals surface area contributed by atoms with Crippen molar-refractivity contribution in [1.82, 2.24) is 0 Å². The molecule has 1 aromatic rings. The van der Waals surface area contributed by atoms with E-state index < -0.39 is 112 Å². The van der Waals surface area contributed by atoms with Crippen LogP contribution in [0.15, 0.2) is 24.3 Å². The lowest BCUT2D eigenvalue weighted by Gasteiger charge is -2.48. The van der Waals surface area contributed by atoms with E-state index in [-0.39, 0.29) is 11.5 Å². The molecule has 0 amide bonds. The van der Waals surface area contributed by atoms with E-state index >= 15 is 0 Å². The van der Waals surface area contributed by atoms with E-state index in [2.05, 4.69) is 0 Å². The van der Waals surface area contributed by atoms with Crippen molar-refractivity contribution in [3.8, 4) is 11.5 Å². The molecule has 3 aliphatic heterocycles. The van der Waals surface area contributed by atoms with Gasteiger partial charge in [-0.15, -0.1) is 0 Å². The molecule has 0 unspecified atom stereocenters. The van der Waals surface area contributed by atoms with Crippen LogP contribution < -0.4 is 4.74 Å². The lowest BCUT2D eigenvalue weighted by molar-refractivity contribution is -0.376. The number of phenols is 1. The summed E-state index contributed by atoms with van der Waals surface area (Å²) < 4.78 is 32.9. The van der Waals surface area contributed by atoms with Gasteiger partial charge < -0.3 is 84.6 Å². The largest absolute Gasteiger partial charge is 0.508 e. The second-order valence-electron chi connectivity index (χ2n) is 9.92. The summed E-state index contributed by atoms with van der Waals surface area (Å²) in [5.41, 5.74) is 0. The fraction of sp³-hybridized carbons (Fsp3) is 0.750. The molecule has 1 aromatic carbocycles. The second-order valence-corrected chi connectivity index (χ2v) is 9.92. The van der Waals surface area contributed by atoms with Gasteiger partial charge in [-0.1, -0.05) is 0 Å². The molecule has 17 heteroatoms. The van der Waals surface area contributed by atoms with Crippen LogP contribution in [0, 0.1) is 0 Å². The molecular formula is C24H36O17. The zero-order valence-corrected chi connectivity index (χ0v) is 21.5. The standard InChI is InChI=1S/C24H36O17/c25-5-10-13(29)14(30)17(33)23(37-10)40-21-12(7-27)39-24(19(35)16(21)32)41-20-11(6-26)38-22(18(34)15(20)31)36-9-3-1-8(28)2-4-9/h1-4,10-35H,5-7H2/t10-,11-,12-,13-,14+,15-,16-,17-,18-,19-,20-,21-,22+,23-,24-/m1/s1. The van der Waals surface area contributed by atoms with Crippen LogP contribution in [-0.4, -0.2) is 168 Å². The first-order valence-electron chi connectivity index (χ1n) is 12.8. The van der Waals surface area contributed by atoms with Crippen LogP contribution in [0.25, 0.3) is 0 Å². The number of benzene rings is 1. The van der Waals surface area contributed by atoms with E-state index in [1.54, 1.807) is 0 Å². The number of aromatic hydroxyl groups is 1. The highest BCUT2D eigenvalue weighted by Crippen LogP contribution is 2.33. The van der Waals surface area contributed by atoms with Gasteiger partial charge in [0.15, 0.2) is 12.6 Å². The molecule has 15 atom stereocenters. The van der Waals surface area contributed by atoms with Crippen molar-refractivity contribution in [1.29, 1.82) is 0 Å². The summed E-state index contributed by atoms with van der Waals surface area (Å²) >= 11 is 0. The minimum Gasteiger partial charge on any atom is -0.508 e. The van der Waals surface area contributed by atoms with Crippen LogP contribution >= 0.6 is 0 Å². The SMILES string of the molecule is OC[C@H]1O[C@H](O[C@H]2[C@H](O)[C@@H](O)[C@@H](O[C@H]3[C@H](O)[C@@H](O)[C@@H](Oc4ccc(O)cc4)O[C@@H]3CO)O[C@@H]2CO)[C@H](O)[C@@H](O)[C@@H]1O. The van der Waals surface area contributed by atoms with E-state index in [4.69, 9.17) is 28.4 Å². The van der Waals surface area contributed by atoms with Crippen LogP contribution in [0.3, 0.4) is 0 Å². The number of aliphatic hydroxyl groups is 10. The summed E-state index contributed by atoms with van der Waals surface area (Å²) in [6, 6.07) is 5.38. The molecule has 0 bridgehead atoms. The minimum atomic E-state index is -1.93. The fourth-order valence-electron chi connectivity index (χ4n) is 4.80. The zero-order valence-electron chi connectivity index (χ0n) is 21.5. The summed E-state index contributed by atoms with van der Waals surface area (Å²) in [7, 11) is 0. The molecule has 234 valence electrons. The van der Waals surface area contributed by atoms with Gasteiger partial charge in [-0.3, -0.25) is 0 Å². The smallest absolute Gasteiger partial charge is 0.229 e. The van der Waals surface area contributed by atoms with Crippen LogP contribution in [0.2, 0.25) is 0 Å². The summed E-state index contributed by atoms with van der Waals surface area (Å²) in [4.78, 5) is 0. The van der Waals surface area contributed by atoms with Gasteiger partial charge in [0.05, 0.1) is 19.8 Å². The Labute approximate surface area is 232 Å². The summed E-state index contributed by atoms with van der Waals surface area (Å²) in [5.74, 6) is 0.125. The molecule has 0 aromatic heterocycles. The highest BCUT2D eigenvalue weighted by Gasteiger charge is 2.53. The van der Waals surface area contributed by atoms with Crippen molar-refractivity contribution in [2.24, 2.45) is 0 Å². The van der Waals surface area contributed by atoms with Gasteiger partial charge in [0.2, 0.25) is 6.29 Å².